The minimum absolute atomic E-state index is 0.00433. The van der Waals surface area contributed by atoms with Gasteiger partial charge in [-0.15, -0.1) is 0 Å². The average molecular weight is 338 g/mol. The third-order valence-electron chi connectivity index (χ3n) is 4.59. The lowest BCUT2D eigenvalue weighted by atomic mass is 9.89. The van der Waals surface area contributed by atoms with Crippen molar-refractivity contribution < 1.29 is 14.0 Å². The van der Waals surface area contributed by atoms with Crippen molar-refractivity contribution in [3.8, 4) is 0 Å². The summed E-state index contributed by atoms with van der Waals surface area (Å²) in [6.45, 7) is 6.85. The average Bonchev–Trinajstić information content (AvgIpc) is 3.08. The first-order valence-corrected chi connectivity index (χ1v) is 8.46. The highest BCUT2D eigenvalue weighted by atomic mass is 16.3. The number of hydrogen-bond donors (Lipinski definition) is 1. The fourth-order valence-electron chi connectivity index (χ4n) is 3.15. The van der Waals surface area contributed by atoms with Gasteiger partial charge in [-0.2, -0.15) is 0 Å². The summed E-state index contributed by atoms with van der Waals surface area (Å²) >= 11 is 0. The number of aryl methyl sites for hydroxylation is 1. The lowest BCUT2D eigenvalue weighted by Gasteiger charge is -2.31. The maximum atomic E-state index is 12.1. The number of furan rings is 1. The number of carbonyl (C=O) groups is 2. The minimum atomic E-state index is -0.253. The lowest BCUT2D eigenvalue weighted by Crippen LogP contribution is -2.36. The fourth-order valence-corrected chi connectivity index (χ4v) is 3.15. The summed E-state index contributed by atoms with van der Waals surface area (Å²) in [7, 11) is 0. The summed E-state index contributed by atoms with van der Waals surface area (Å²) in [5.41, 5.74) is 1.97. The van der Waals surface area contributed by atoms with E-state index in [1.165, 1.54) is 11.6 Å². The molecule has 2 heterocycles. The molecule has 1 aromatic heterocycles. The summed E-state index contributed by atoms with van der Waals surface area (Å²) in [6, 6.07) is 11.3. The molecule has 130 valence electrons. The predicted octanol–water partition coefficient (Wildman–Crippen LogP) is 3.73. The third kappa shape index (κ3) is 3.99. The molecule has 1 saturated heterocycles. The van der Waals surface area contributed by atoms with Crippen LogP contribution in [0, 0.1) is 6.92 Å². The van der Waals surface area contributed by atoms with Gasteiger partial charge in [0, 0.05) is 18.8 Å². The molecular weight excluding hydrogens is 316 g/mol. The Labute approximate surface area is 147 Å². The molecule has 2 aromatic rings. The van der Waals surface area contributed by atoms with E-state index in [4.69, 9.17) is 4.42 Å². The van der Waals surface area contributed by atoms with Crippen molar-refractivity contribution in [1.82, 2.24) is 4.90 Å². The van der Waals surface area contributed by atoms with Crippen LogP contribution < -0.4 is 5.32 Å². The number of likely N-dealkylation sites (tertiary alicyclic amines) is 1. The summed E-state index contributed by atoms with van der Waals surface area (Å²) in [6.07, 6.45) is 3.26. The van der Waals surface area contributed by atoms with E-state index < -0.39 is 0 Å². The van der Waals surface area contributed by atoms with Gasteiger partial charge in [0.05, 0.1) is 0 Å². The second-order valence-electron chi connectivity index (χ2n) is 6.29. The standard InChI is InChI=1S/C20H22N2O3/c1-3-19(23)22-12-10-16(11-13-22)15-5-7-17(8-6-15)21-20(24)18-9-4-14(2)25-18/h3-9,16H,1,10-13H2,2H3,(H,21,24). The molecule has 5 nitrogen and oxygen atoms in total. The number of amides is 2. The fraction of sp³-hybridized carbons (Fsp3) is 0.300. The van der Waals surface area contributed by atoms with Crippen LogP contribution in [0.1, 0.15) is 40.6 Å². The molecule has 25 heavy (non-hydrogen) atoms. The van der Waals surface area contributed by atoms with Gasteiger partial charge in [-0.3, -0.25) is 9.59 Å². The Bertz CT molecular complexity index is 768. The molecule has 0 aliphatic carbocycles. The highest BCUT2D eigenvalue weighted by Crippen LogP contribution is 2.29. The zero-order valence-electron chi connectivity index (χ0n) is 14.3. The molecule has 0 saturated carbocycles. The Morgan fingerprint density at radius 2 is 1.84 bits per heavy atom. The van der Waals surface area contributed by atoms with Crippen molar-refractivity contribution in [1.29, 1.82) is 0 Å². The number of benzene rings is 1. The summed E-state index contributed by atoms with van der Waals surface area (Å²) < 4.78 is 5.32. The second kappa shape index (κ2) is 7.38. The topological polar surface area (TPSA) is 62.6 Å². The number of anilines is 1. The van der Waals surface area contributed by atoms with Crippen molar-refractivity contribution in [3.63, 3.8) is 0 Å². The summed E-state index contributed by atoms with van der Waals surface area (Å²) in [5, 5.41) is 2.83. The molecule has 1 N–H and O–H groups in total. The van der Waals surface area contributed by atoms with Gasteiger partial charge < -0.3 is 14.6 Å². The van der Waals surface area contributed by atoms with Crippen molar-refractivity contribution in [2.24, 2.45) is 0 Å². The van der Waals surface area contributed by atoms with Crippen LogP contribution in [-0.4, -0.2) is 29.8 Å². The third-order valence-corrected chi connectivity index (χ3v) is 4.59. The molecule has 1 fully saturated rings. The largest absolute Gasteiger partial charge is 0.456 e. The van der Waals surface area contributed by atoms with Crippen LogP contribution in [0.15, 0.2) is 53.5 Å². The highest BCUT2D eigenvalue weighted by molar-refractivity contribution is 6.02. The van der Waals surface area contributed by atoms with Crippen LogP contribution in [-0.2, 0) is 4.79 Å². The molecule has 0 atom stereocenters. The predicted molar refractivity (Wildman–Crippen MR) is 96.6 cm³/mol. The van der Waals surface area contributed by atoms with E-state index in [1.54, 1.807) is 19.1 Å². The number of carbonyl (C=O) groups excluding carboxylic acids is 2. The van der Waals surface area contributed by atoms with Crippen molar-refractivity contribution in [3.05, 3.63) is 66.1 Å². The second-order valence-corrected chi connectivity index (χ2v) is 6.29. The van der Waals surface area contributed by atoms with Gasteiger partial charge in [-0.1, -0.05) is 18.7 Å². The molecule has 1 aliphatic rings. The number of nitrogens with zero attached hydrogens (tertiary/aromatic N) is 1. The molecule has 1 aliphatic heterocycles. The van der Waals surface area contributed by atoms with E-state index in [-0.39, 0.29) is 11.8 Å². The molecule has 0 spiro atoms. The first-order chi connectivity index (χ1) is 12.1. The first-order valence-electron chi connectivity index (χ1n) is 8.46. The molecule has 1 aromatic carbocycles. The first kappa shape index (κ1) is 17.0. The van der Waals surface area contributed by atoms with E-state index in [9.17, 15) is 9.59 Å². The van der Waals surface area contributed by atoms with E-state index in [2.05, 4.69) is 11.9 Å². The van der Waals surface area contributed by atoms with E-state index in [1.807, 2.05) is 29.2 Å². The van der Waals surface area contributed by atoms with Crippen LogP contribution in [0.5, 0.6) is 0 Å². The Kier molecular flexibility index (Phi) is 5.03. The number of nitrogens with one attached hydrogen (secondary N) is 1. The van der Waals surface area contributed by atoms with Gasteiger partial charge in [0.25, 0.3) is 5.91 Å². The summed E-state index contributed by atoms with van der Waals surface area (Å²) in [5.74, 6) is 1.20. The van der Waals surface area contributed by atoms with Crippen molar-refractivity contribution >= 4 is 17.5 Å². The monoisotopic (exact) mass is 338 g/mol. The Morgan fingerprint density at radius 3 is 2.40 bits per heavy atom. The van der Waals surface area contributed by atoms with Gasteiger partial charge in [0.2, 0.25) is 5.91 Å². The smallest absolute Gasteiger partial charge is 0.291 e. The van der Waals surface area contributed by atoms with E-state index >= 15 is 0 Å². The molecule has 0 unspecified atom stereocenters. The van der Waals surface area contributed by atoms with Gasteiger partial charge in [0.15, 0.2) is 5.76 Å². The molecule has 5 heteroatoms. The van der Waals surface area contributed by atoms with Crippen molar-refractivity contribution in [2.75, 3.05) is 18.4 Å². The number of rotatable bonds is 4. The van der Waals surface area contributed by atoms with E-state index in [0.717, 1.165) is 31.6 Å². The van der Waals surface area contributed by atoms with Gasteiger partial charge in [0.1, 0.15) is 5.76 Å². The van der Waals surface area contributed by atoms with Crippen LogP contribution >= 0.6 is 0 Å². The quantitative estimate of drug-likeness (QED) is 0.864. The molecule has 2 amide bonds. The summed E-state index contributed by atoms with van der Waals surface area (Å²) in [4.78, 5) is 25.6. The van der Waals surface area contributed by atoms with Crippen LogP contribution in [0.25, 0.3) is 0 Å². The molecule has 0 bridgehead atoms. The van der Waals surface area contributed by atoms with Gasteiger partial charge in [-0.05, 0) is 61.6 Å². The Hall–Kier alpha value is -2.82. The van der Waals surface area contributed by atoms with E-state index in [0.29, 0.717) is 17.4 Å². The van der Waals surface area contributed by atoms with Gasteiger partial charge >= 0.3 is 0 Å². The highest BCUT2D eigenvalue weighted by Gasteiger charge is 2.22. The van der Waals surface area contributed by atoms with Crippen LogP contribution in [0.2, 0.25) is 0 Å². The zero-order chi connectivity index (χ0) is 17.8. The molecular formula is C20H22N2O3. The number of hydrogen-bond acceptors (Lipinski definition) is 3. The lowest BCUT2D eigenvalue weighted by molar-refractivity contribution is -0.127. The van der Waals surface area contributed by atoms with Crippen LogP contribution in [0.4, 0.5) is 5.69 Å². The normalized spacial score (nSPS) is 15.0. The molecule has 0 radical (unpaired) electrons. The Morgan fingerprint density at radius 1 is 1.16 bits per heavy atom. The van der Waals surface area contributed by atoms with Crippen molar-refractivity contribution in [2.45, 2.75) is 25.7 Å². The minimum Gasteiger partial charge on any atom is -0.456 e. The maximum Gasteiger partial charge on any atom is 0.291 e. The maximum absolute atomic E-state index is 12.1. The number of piperidine rings is 1. The molecule has 3 rings (SSSR count). The van der Waals surface area contributed by atoms with Gasteiger partial charge in [-0.25, -0.2) is 0 Å². The van der Waals surface area contributed by atoms with Crippen LogP contribution in [0.3, 0.4) is 0 Å². The Balaban J connectivity index is 1.58. The zero-order valence-corrected chi connectivity index (χ0v) is 14.3. The SMILES string of the molecule is C=CC(=O)N1CCC(c2ccc(NC(=O)c3ccc(C)o3)cc2)CC1.